The van der Waals surface area contributed by atoms with E-state index in [2.05, 4.69) is 55.6 Å². The first-order chi connectivity index (χ1) is 10.6. The van der Waals surface area contributed by atoms with E-state index in [-0.39, 0.29) is 5.92 Å². The second-order valence-corrected chi connectivity index (χ2v) is 6.19. The largest absolute Gasteiger partial charge is 0.330 e. The molecule has 0 amide bonds. The summed E-state index contributed by atoms with van der Waals surface area (Å²) in [5.41, 5.74) is 11.6. The number of aromatic nitrogens is 2. The Morgan fingerprint density at radius 2 is 1.77 bits per heavy atom. The Morgan fingerprint density at radius 3 is 2.41 bits per heavy atom. The fourth-order valence-corrected chi connectivity index (χ4v) is 2.84. The third-order valence-electron chi connectivity index (χ3n) is 4.24. The lowest BCUT2D eigenvalue weighted by Gasteiger charge is -2.12. The van der Waals surface area contributed by atoms with Crippen LogP contribution in [0.2, 0.25) is 0 Å². The third-order valence-corrected chi connectivity index (χ3v) is 4.24. The molecule has 2 heterocycles. The van der Waals surface area contributed by atoms with Crippen molar-refractivity contribution < 1.29 is 0 Å². The minimum atomic E-state index is 0.261. The van der Waals surface area contributed by atoms with Gasteiger partial charge in [-0.2, -0.15) is 0 Å². The highest BCUT2D eigenvalue weighted by Gasteiger charge is 2.18. The molecule has 0 radical (unpaired) electrons. The maximum absolute atomic E-state index is 5.92. The first-order valence-corrected chi connectivity index (χ1v) is 7.89. The summed E-state index contributed by atoms with van der Waals surface area (Å²) >= 11 is 0. The van der Waals surface area contributed by atoms with Gasteiger partial charge in [0.2, 0.25) is 0 Å². The molecule has 0 saturated heterocycles. The Balaban J connectivity index is 2.17. The van der Waals surface area contributed by atoms with E-state index in [4.69, 9.17) is 10.7 Å². The molecule has 0 spiro atoms. The fourth-order valence-electron chi connectivity index (χ4n) is 2.84. The normalized spacial score (nSPS) is 13.0. The van der Waals surface area contributed by atoms with Gasteiger partial charge in [-0.1, -0.05) is 51.1 Å². The summed E-state index contributed by atoms with van der Waals surface area (Å²) in [6, 6.07) is 14.8. The molecule has 1 atom stereocenters. The van der Waals surface area contributed by atoms with Crippen molar-refractivity contribution in [1.29, 1.82) is 0 Å². The van der Waals surface area contributed by atoms with E-state index in [9.17, 15) is 0 Å². The van der Waals surface area contributed by atoms with Crippen LogP contribution in [0.5, 0.6) is 0 Å². The Labute approximate surface area is 131 Å². The molecule has 3 aromatic rings. The highest BCUT2D eigenvalue weighted by molar-refractivity contribution is 5.67. The molecule has 1 aromatic carbocycles. The molecule has 2 aromatic heterocycles. The first kappa shape index (κ1) is 14.8. The highest BCUT2D eigenvalue weighted by atomic mass is 15.0. The Kier molecular flexibility index (Phi) is 3.99. The number of hydrogen-bond donors (Lipinski definition) is 1. The summed E-state index contributed by atoms with van der Waals surface area (Å²) in [7, 11) is 0. The summed E-state index contributed by atoms with van der Waals surface area (Å²) in [6.07, 6.45) is 2.07. The topological polar surface area (TPSA) is 43.3 Å². The third kappa shape index (κ3) is 2.53. The highest BCUT2D eigenvalue weighted by Crippen LogP contribution is 2.30. The Morgan fingerprint density at radius 1 is 1.05 bits per heavy atom. The zero-order valence-electron chi connectivity index (χ0n) is 13.5. The Bertz CT molecular complexity index is 769. The van der Waals surface area contributed by atoms with E-state index in [1.165, 1.54) is 11.3 Å². The van der Waals surface area contributed by atoms with E-state index >= 15 is 0 Å². The average Bonchev–Trinajstić information content (AvgIpc) is 2.93. The van der Waals surface area contributed by atoms with Gasteiger partial charge < -0.3 is 10.1 Å². The molecule has 0 aliphatic heterocycles. The van der Waals surface area contributed by atoms with Crippen molar-refractivity contribution in [2.24, 2.45) is 5.73 Å². The Hall–Kier alpha value is -2.13. The molecule has 1 unspecified atom stereocenters. The molecule has 0 fully saturated rings. The van der Waals surface area contributed by atoms with Gasteiger partial charge in [0, 0.05) is 24.2 Å². The van der Waals surface area contributed by atoms with Gasteiger partial charge in [-0.25, -0.2) is 4.98 Å². The minimum Gasteiger partial charge on any atom is -0.330 e. The van der Waals surface area contributed by atoms with Crippen LogP contribution >= 0.6 is 0 Å². The molecule has 22 heavy (non-hydrogen) atoms. The van der Waals surface area contributed by atoms with E-state index in [0.717, 1.165) is 16.9 Å². The predicted molar refractivity (Wildman–Crippen MR) is 92.2 cm³/mol. The smallest absolute Gasteiger partial charge is 0.137 e. The SMILES string of the molecule is CC(C)c1ccc(-c2nc3ccccn3c2C(C)CN)cc1. The van der Waals surface area contributed by atoms with Crippen molar-refractivity contribution in [3.8, 4) is 11.3 Å². The molecule has 114 valence electrons. The van der Waals surface area contributed by atoms with Crippen molar-refractivity contribution in [2.75, 3.05) is 6.54 Å². The van der Waals surface area contributed by atoms with Gasteiger partial charge in [0.05, 0.1) is 11.4 Å². The monoisotopic (exact) mass is 293 g/mol. The second kappa shape index (κ2) is 5.93. The summed E-state index contributed by atoms with van der Waals surface area (Å²) in [4.78, 5) is 4.83. The molecule has 3 rings (SSSR count). The number of fused-ring (bicyclic) bond motifs is 1. The van der Waals surface area contributed by atoms with Gasteiger partial charge in [-0.15, -0.1) is 0 Å². The van der Waals surface area contributed by atoms with Crippen molar-refractivity contribution in [1.82, 2.24) is 9.38 Å². The van der Waals surface area contributed by atoms with Crippen molar-refractivity contribution >= 4 is 5.65 Å². The predicted octanol–water partition coefficient (Wildman–Crippen LogP) is 4.19. The molecular formula is C19H23N3. The zero-order valence-corrected chi connectivity index (χ0v) is 13.5. The maximum atomic E-state index is 5.92. The van der Waals surface area contributed by atoms with Crippen LogP contribution in [0.25, 0.3) is 16.9 Å². The van der Waals surface area contributed by atoms with Gasteiger partial charge in [0.15, 0.2) is 0 Å². The van der Waals surface area contributed by atoms with Crippen LogP contribution in [-0.2, 0) is 0 Å². The number of rotatable bonds is 4. The first-order valence-electron chi connectivity index (χ1n) is 7.89. The summed E-state index contributed by atoms with van der Waals surface area (Å²) in [6.45, 7) is 7.19. The van der Waals surface area contributed by atoms with Gasteiger partial charge in [0.1, 0.15) is 5.65 Å². The van der Waals surface area contributed by atoms with Crippen LogP contribution in [0.15, 0.2) is 48.7 Å². The van der Waals surface area contributed by atoms with Crippen LogP contribution in [0, 0.1) is 0 Å². The van der Waals surface area contributed by atoms with Crippen LogP contribution in [0.4, 0.5) is 0 Å². The molecular weight excluding hydrogens is 270 g/mol. The number of nitrogens with two attached hydrogens (primary N) is 1. The fraction of sp³-hybridized carbons (Fsp3) is 0.316. The van der Waals surface area contributed by atoms with Crippen LogP contribution in [-0.4, -0.2) is 15.9 Å². The van der Waals surface area contributed by atoms with Gasteiger partial charge in [0.25, 0.3) is 0 Å². The summed E-state index contributed by atoms with van der Waals surface area (Å²) < 4.78 is 2.16. The molecule has 0 aliphatic carbocycles. The second-order valence-electron chi connectivity index (χ2n) is 6.19. The van der Waals surface area contributed by atoms with E-state index in [1.807, 2.05) is 18.2 Å². The van der Waals surface area contributed by atoms with E-state index in [1.54, 1.807) is 0 Å². The number of pyridine rings is 1. The van der Waals surface area contributed by atoms with Gasteiger partial charge >= 0.3 is 0 Å². The van der Waals surface area contributed by atoms with Crippen molar-refractivity contribution in [2.45, 2.75) is 32.6 Å². The van der Waals surface area contributed by atoms with E-state index in [0.29, 0.717) is 12.5 Å². The lowest BCUT2D eigenvalue weighted by molar-refractivity contribution is 0.738. The molecule has 2 N–H and O–H groups in total. The number of hydrogen-bond acceptors (Lipinski definition) is 2. The lowest BCUT2D eigenvalue weighted by Crippen LogP contribution is -2.12. The molecule has 0 saturated carbocycles. The minimum absolute atomic E-state index is 0.261. The quantitative estimate of drug-likeness (QED) is 0.784. The molecule has 3 nitrogen and oxygen atoms in total. The standard InChI is InChI=1S/C19H23N3/c1-13(2)15-7-9-16(10-8-15)18-19(14(3)12-20)22-11-5-4-6-17(22)21-18/h4-11,13-14H,12,20H2,1-3H3. The average molecular weight is 293 g/mol. The lowest BCUT2D eigenvalue weighted by atomic mass is 9.98. The van der Waals surface area contributed by atoms with Gasteiger partial charge in [-0.05, 0) is 23.6 Å². The number of nitrogens with zero attached hydrogens (tertiary/aromatic N) is 2. The van der Waals surface area contributed by atoms with Crippen LogP contribution in [0.3, 0.4) is 0 Å². The summed E-state index contributed by atoms with van der Waals surface area (Å²) in [5, 5.41) is 0. The molecule has 0 bridgehead atoms. The van der Waals surface area contributed by atoms with E-state index < -0.39 is 0 Å². The van der Waals surface area contributed by atoms with Crippen LogP contribution in [0.1, 0.15) is 43.9 Å². The molecule has 3 heteroatoms. The van der Waals surface area contributed by atoms with Crippen molar-refractivity contribution in [3.05, 3.63) is 59.9 Å². The number of benzene rings is 1. The maximum Gasteiger partial charge on any atom is 0.137 e. The summed E-state index contributed by atoms with van der Waals surface area (Å²) in [5.74, 6) is 0.801. The number of imidazole rings is 1. The van der Waals surface area contributed by atoms with Crippen LogP contribution < -0.4 is 5.73 Å². The van der Waals surface area contributed by atoms with Crippen molar-refractivity contribution in [3.63, 3.8) is 0 Å². The van der Waals surface area contributed by atoms with Gasteiger partial charge in [-0.3, -0.25) is 0 Å². The molecule has 0 aliphatic rings. The zero-order chi connectivity index (χ0) is 15.7.